The van der Waals surface area contributed by atoms with E-state index in [0.29, 0.717) is 12.5 Å². The maximum atomic E-state index is 13.5. The lowest BCUT2D eigenvalue weighted by Crippen LogP contribution is -2.28. The van der Waals surface area contributed by atoms with Gasteiger partial charge in [0.15, 0.2) is 0 Å². The molecule has 1 aromatic carbocycles. The number of aryl methyl sites for hydroxylation is 1. The summed E-state index contributed by atoms with van der Waals surface area (Å²) in [5.74, 6) is 0.391. The smallest absolute Gasteiger partial charge is 0.329 e. The monoisotopic (exact) mass is 540 g/mol. The summed E-state index contributed by atoms with van der Waals surface area (Å²) in [5.41, 5.74) is -1.44. The number of tetrazole rings is 1. The predicted octanol–water partition coefficient (Wildman–Crippen LogP) is 5.71. The Labute approximate surface area is 216 Å². The van der Waals surface area contributed by atoms with E-state index in [1.165, 1.54) is 16.7 Å². The first kappa shape index (κ1) is 27.8. The van der Waals surface area contributed by atoms with Gasteiger partial charge in [0.25, 0.3) is 5.95 Å². The van der Waals surface area contributed by atoms with Gasteiger partial charge in [-0.1, -0.05) is 30.9 Å². The Bertz CT molecular complexity index is 1190. The van der Waals surface area contributed by atoms with Crippen LogP contribution in [-0.2, 0) is 32.5 Å². The molecule has 0 saturated heterocycles. The summed E-state index contributed by atoms with van der Waals surface area (Å²) in [6.45, 7) is 2.32. The molecule has 1 saturated carbocycles. The van der Waals surface area contributed by atoms with E-state index < -0.39 is 23.5 Å². The van der Waals surface area contributed by atoms with Crippen molar-refractivity contribution in [2.24, 2.45) is 13.0 Å². The van der Waals surface area contributed by atoms with Crippen molar-refractivity contribution in [3.63, 3.8) is 0 Å². The van der Waals surface area contributed by atoms with Gasteiger partial charge in [-0.25, -0.2) is 5.32 Å². The molecule has 1 unspecified atom stereocenters. The molecule has 38 heavy (non-hydrogen) atoms. The molecule has 1 radical (unpaired) electrons. The number of pyridine rings is 1. The number of alkyl halides is 6. The lowest BCUT2D eigenvalue weighted by molar-refractivity contribution is -0.143. The van der Waals surface area contributed by atoms with Crippen LogP contribution >= 0.6 is 0 Å². The highest BCUT2D eigenvalue weighted by molar-refractivity contribution is 5.39. The number of hydrogen-bond acceptors (Lipinski definition) is 5. The second kappa shape index (κ2) is 11.3. The highest BCUT2D eigenvalue weighted by Gasteiger charge is 2.37. The Morgan fingerprint density at radius 1 is 1.03 bits per heavy atom. The normalized spacial score (nSPS) is 15.7. The van der Waals surface area contributed by atoms with Gasteiger partial charge >= 0.3 is 12.4 Å². The van der Waals surface area contributed by atoms with Crippen molar-refractivity contribution in [2.75, 3.05) is 11.4 Å². The van der Waals surface area contributed by atoms with Crippen LogP contribution in [0.4, 0.5) is 32.3 Å². The van der Waals surface area contributed by atoms with Crippen LogP contribution in [-0.4, -0.2) is 31.7 Å². The molecule has 1 aliphatic carbocycles. The third-order valence-corrected chi connectivity index (χ3v) is 6.59. The van der Waals surface area contributed by atoms with Gasteiger partial charge in [0.2, 0.25) is 0 Å². The lowest BCUT2D eigenvalue weighted by atomic mass is 9.92. The average molecular weight is 541 g/mol. The molecule has 1 atom stereocenters. The molecular weight excluding hydrogens is 512 g/mol. The minimum atomic E-state index is -4.95. The molecule has 0 N–H and O–H groups in total. The second-order valence-electron chi connectivity index (χ2n) is 9.39. The van der Waals surface area contributed by atoms with E-state index >= 15 is 0 Å². The van der Waals surface area contributed by atoms with E-state index in [-0.39, 0.29) is 36.7 Å². The number of aromatic nitrogens is 5. The first-order valence-corrected chi connectivity index (χ1v) is 12.3. The number of benzene rings is 1. The fourth-order valence-electron chi connectivity index (χ4n) is 4.91. The molecular formula is C25H28F6N7. The van der Waals surface area contributed by atoms with E-state index in [2.05, 4.69) is 20.4 Å². The highest BCUT2D eigenvalue weighted by Crippen LogP contribution is 2.38. The van der Waals surface area contributed by atoms with Crippen LogP contribution in [0.3, 0.4) is 0 Å². The zero-order valence-electron chi connectivity index (χ0n) is 21.0. The summed E-state index contributed by atoms with van der Waals surface area (Å²) in [6, 6.07) is 4.98. The van der Waals surface area contributed by atoms with Gasteiger partial charge in [-0.15, -0.1) is 5.10 Å². The van der Waals surface area contributed by atoms with Gasteiger partial charge in [-0.3, -0.25) is 4.98 Å². The van der Waals surface area contributed by atoms with Crippen molar-refractivity contribution < 1.29 is 26.3 Å². The molecule has 13 heteroatoms. The van der Waals surface area contributed by atoms with Crippen LogP contribution in [0.25, 0.3) is 0 Å². The molecule has 1 aliphatic rings. The van der Waals surface area contributed by atoms with E-state index in [0.717, 1.165) is 49.1 Å². The maximum absolute atomic E-state index is 13.5. The van der Waals surface area contributed by atoms with Gasteiger partial charge in [0, 0.05) is 25.8 Å². The Morgan fingerprint density at radius 3 is 2.24 bits per heavy atom. The lowest BCUT2D eigenvalue weighted by Gasteiger charge is -2.27. The van der Waals surface area contributed by atoms with Crippen molar-refractivity contribution in [1.82, 2.24) is 30.5 Å². The van der Waals surface area contributed by atoms with Gasteiger partial charge in [-0.05, 0) is 59.4 Å². The van der Waals surface area contributed by atoms with Crippen molar-refractivity contribution in [3.8, 4) is 0 Å². The molecule has 0 bridgehead atoms. The summed E-state index contributed by atoms with van der Waals surface area (Å²) >= 11 is 0. The fraction of sp³-hybridized carbons (Fsp3) is 0.520. The summed E-state index contributed by atoms with van der Waals surface area (Å²) in [7, 11) is 1.52. The van der Waals surface area contributed by atoms with Gasteiger partial charge < -0.3 is 4.90 Å². The quantitative estimate of drug-likeness (QED) is 0.326. The Morgan fingerprint density at radius 2 is 1.68 bits per heavy atom. The Balaban J connectivity index is 1.73. The van der Waals surface area contributed by atoms with E-state index in [1.54, 1.807) is 12.3 Å². The molecule has 7 nitrogen and oxygen atoms in total. The Kier molecular flexibility index (Phi) is 8.24. The van der Waals surface area contributed by atoms with Crippen molar-refractivity contribution in [1.29, 1.82) is 0 Å². The summed E-state index contributed by atoms with van der Waals surface area (Å²) in [5, 5.41) is 16.8. The van der Waals surface area contributed by atoms with Crippen LogP contribution in [0.5, 0.6) is 0 Å². The van der Waals surface area contributed by atoms with Gasteiger partial charge in [-0.2, -0.15) is 31.1 Å². The van der Waals surface area contributed by atoms with Crippen molar-refractivity contribution in [3.05, 3.63) is 64.5 Å². The topological polar surface area (TPSA) is 73.8 Å². The average Bonchev–Trinajstić information content (AvgIpc) is 3.53. The van der Waals surface area contributed by atoms with Crippen LogP contribution in [0.2, 0.25) is 0 Å². The first-order valence-electron chi connectivity index (χ1n) is 12.3. The summed E-state index contributed by atoms with van der Waals surface area (Å²) < 4.78 is 80.8. The minimum absolute atomic E-state index is 0.0677. The van der Waals surface area contributed by atoms with Crippen molar-refractivity contribution >= 4 is 5.95 Å². The molecule has 0 spiro atoms. The van der Waals surface area contributed by atoms with E-state index in [4.69, 9.17) is 5.32 Å². The number of hydrogen-bond donors (Lipinski definition) is 0. The molecule has 1 fully saturated rings. The number of rotatable bonds is 9. The minimum Gasteiger partial charge on any atom is -0.329 e. The molecule has 3 aromatic rings. The SMILES string of the molecule is CC[N]C(c1ncccc1CN(Cc1cc(C(F)(F)F)cc(C(F)(F)F)c1)c1nnn(C)n1)C1CCCC1. The largest absolute Gasteiger partial charge is 0.416 e. The molecule has 2 heterocycles. The number of nitrogens with zero attached hydrogens (tertiary/aromatic N) is 7. The first-order chi connectivity index (χ1) is 18.0. The fourth-order valence-corrected chi connectivity index (χ4v) is 4.91. The molecule has 205 valence electrons. The van der Waals surface area contributed by atoms with Gasteiger partial charge in [0.1, 0.15) is 0 Å². The molecule has 2 aromatic heterocycles. The highest BCUT2D eigenvalue weighted by atomic mass is 19.4. The molecule has 4 rings (SSSR count). The van der Waals surface area contributed by atoms with Crippen LogP contribution < -0.4 is 10.2 Å². The molecule has 0 aliphatic heterocycles. The van der Waals surface area contributed by atoms with Gasteiger partial charge in [0.05, 0.1) is 29.9 Å². The number of anilines is 1. The predicted molar refractivity (Wildman–Crippen MR) is 127 cm³/mol. The van der Waals surface area contributed by atoms with Crippen molar-refractivity contribution in [2.45, 2.75) is 64.1 Å². The zero-order valence-corrected chi connectivity index (χ0v) is 21.0. The maximum Gasteiger partial charge on any atom is 0.416 e. The van der Waals surface area contributed by atoms with E-state index in [9.17, 15) is 26.3 Å². The Hall–Kier alpha value is -3.22. The second-order valence-corrected chi connectivity index (χ2v) is 9.39. The third kappa shape index (κ3) is 6.61. The summed E-state index contributed by atoms with van der Waals surface area (Å²) in [6.07, 6.45) is -3.98. The third-order valence-electron chi connectivity index (χ3n) is 6.59. The molecule has 0 amide bonds. The summed E-state index contributed by atoms with van der Waals surface area (Å²) in [4.78, 5) is 7.29. The standard InChI is InChI=1S/C25H28F6N7/c1-3-32-21(17-7-4-5-8-17)22-18(9-6-10-33-22)15-38(23-34-36-37(2)35-23)14-16-11-19(24(26,27)28)13-20(12-16)25(29,30)31/h6,9-13,17,21H,3-5,7-8,14-15H2,1-2H3. The van der Waals surface area contributed by atoms with Crippen LogP contribution in [0.15, 0.2) is 36.5 Å². The number of halogens is 6. The van der Waals surface area contributed by atoms with Crippen LogP contribution in [0, 0.1) is 5.92 Å². The van der Waals surface area contributed by atoms with Crippen LogP contribution in [0.1, 0.15) is 66.6 Å². The van der Waals surface area contributed by atoms with E-state index in [1.807, 2.05) is 13.0 Å². The zero-order chi connectivity index (χ0) is 27.5.